The van der Waals surface area contributed by atoms with Crippen LogP contribution >= 0.6 is 0 Å². The second kappa shape index (κ2) is 4.96. The zero-order valence-electron chi connectivity index (χ0n) is 9.73. The maximum Gasteiger partial charge on any atom is 0.143 e. The van der Waals surface area contributed by atoms with Gasteiger partial charge in [0.2, 0.25) is 0 Å². The van der Waals surface area contributed by atoms with Gasteiger partial charge in [-0.3, -0.25) is 0 Å². The van der Waals surface area contributed by atoms with Crippen molar-refractivity contribution in [2.24, 2.45) is 0 Å². The summed E-state index contributed by atoms with van der Waals surface area (Å²) in [6.45, 7) is 6.09. The minimum Gasteiger partial charge on any atom is -0.490 e. The molecule has 0 spiro atoms. The smallest absolute Gasteiger partial charge is 0.143 e. The lowest BCUT2D eigenvalue weighted by molar-refractivity contribution is 0.322. The van der Waals surface area contributed by atoms with Crippen molar-refractivity contribution >= 4 is 5.69 Å². The second-order valence-corrected chi connectivity index (χ2v) is 4.54. The van der Waals surface area contributed by atoms with E-state index in [1.54, 1.807) is 0 Å². The van der Waals surface area contributed by atoms with Gasteiger partial charge in [0.05, 0.1) is 5.69 Å². The quantitative estimate of drug-likeness (QED) is 0.721. The van der Waals surface area contributed by atoms with E-state index >= 15 is 0 Å². The first-order valence-corrected chi connectivity index (χ1v) is 6.09. The van der Waals surface area contributed by atoms with Gasteiger partial charge in [0.1, 0.15) is 12.4 Å². The second-order valence-electron chi connectivity index (χ2n) is 4.54. The van der Waals surface area contributed by atoms with Crippen molar-refractivity contribution < 1.29 is 4.74 Å². The number of hydrogen-bond donors (Lipinski definition) is 2. The Morgan fingerprint density at radius 1 is 1.18 bits per heavy atom. The summed E-state index contributed by atoms with van der Waals surface area (Å²) in [5.74, 6) is 1.05. The zero-order chi connectivity index (χ0) is 11.0. The largest absolute Gasteiger partial charge is 0.490 e. The molecule has 1 aromatic rings. The monoisotopic (exact) mass is 234 g/mol. The Morgan fingerprint density at radius 2 is 2.00 bits per heavy atom. The molecule has 0 aliphatic carbocycles. The summed E-state index contributed by atoms with van der Waals surface area (Å²) < 4.78 is 5.73. The summed E-state index contributed by atoms with van der Waals surface area (Å²) in [5.41, 5.74) is 5.58. The van der Waals surface area contributed by atoms with Crippen LogP contribution in [0.25, 0.3) is 0 Å². The van der Waals surface area contributed by atoms with E-state index in [1.807, 2.05) is 0 Å². The van der Waals surface area contributed by atoms with Gasteiger partial charge in [-0.05, 0) is 55.6 Å². The summed E-state index contributed by atoms with van der Waals surface area (Å²) in [5, 5.41) is 6.91. The standard InChI is InChI=1S/C13H18N2O.CH4/c1-9-11-3-5-14-4-2-10(11)8-12-13(9)15-6-7-16-12;/h8,14-15H,2-7H2,1H3;1H4. The molecular weight excluding hydrogens is 212 g/mol. The van der Waals surface area contributed by atoms with Crippen LogP contribution in [-0.4, -0.2) is 26.2 Å². The molecule has 3 rings (SSSR count). The van der Waals surface area contributed by atoms with Gasteiger partial charge in [-0.1, -0.05) is 7.43 Å². The SMILES string of the molecule is C.Cc1c2c(cc3c1NCCO3)CCNCC2. The highest BCUT2D eigenvalue weighted by atomic mass is 16.5. The van der Waals surface area contributed by atoms with Crippen LogP contribution < -0.4 is 15.4 Å². The summed E-state index contributed by atoms with van der Waals surface area (Å²) in [7, 11) is 0. The third-order valence-electron chi connectivity index (χ3n) is 3.55. The van der Waals surface area contributed by atoms with Crippen LogP contribution in [-0.2, 0) is 12.8 Å². The molecule has 0 aromatic heterocycles. The molecule has 0 atom stereocenters. The first kappa shape index (κ1) is 12.2. The summed E-state index contributed by atoms with van der Waals surface area (Å²) in [6.07, 6.45) is 2.25. The molecule has 0 unspecified atom stereocenters. The van der Waals surface area contributed by atoms with Crippen LogP contribution in [0.5, 0.6) is 5.75 Å². The van der Waals surface area contributed by atoms with Crippen LogP contribution in [0.2, 0.25) is 0 Å². The Bertz CT molecular complexity index is 415. The number of anilines is 1. The minimum absolute atomic E-state index is 0. The molecule has 3 heteroatoms. The predicted molar refractivity (Wildman–Crippen MR) is 72.2 cm³/mol. The van der Waals surface area contributed by atoms with E-state index in [1.165, 1.54) is 22.4 Å². The Hall–Kier alpha value is -1.22. The molecule has 0 radical (unpaired) electrons. The van der Waals surface area contributed by atoms with Gasteiger partial charge < -0.3 is 15.4 Å². The molecule has 0 fully saturated rings. The number of ether oxygens (including phenoxy) is 1. The molecule has 3 nitrogen and oxygen atoms in total. The van der Waals surface area contributed by atoms with Crippen molar-refractivity contribution in [3.8, 4) is 5.75 Å². The molecular formula is C14H22N2O. The summed E-state index contributed by atoms with van der Waals surface area (Å²) in [6, 6.07) is 2.23. The van der Waals surface area contributed by atoms with Gasteiger partial charge in [-0.15, -0.1) is 0 Å². The highest BCUT2D eigenvalue weighted by Crippen LogP contribution is 2.36. The van der Waals surface area contributed by atoms with Crippen LogP contribution in [0.1, 0.15) is 24.1 Å². The number of fused-ring (bicyclic) bond motifs is 2. The highest BCUT2D eigenvalue weighted by Gasteiger charge is 2.19. The maximum absolute atomic E-state index is 5.73. The third kappa shape index (κ3) is 2.12. The minimum atomic E-state index is 0. The third-order valence-corrected chi connectivity index (χ3v) is 3.55. The molecule has 2 aliphatic heterocycles. The lowest BCUT2D eigenvalue weighted by Crippen LogP contribution is -2.20. The fraction of sp³-hybridized carbons (Fsp3) is 0.571. The van der Waals surface area contributed by atoms with Crippen LogP contribution in [0.15, 0.2) is 6.07 Å². The van der Waals surface area contributed by atoms with E-state index < -0.39 is 0 Å². The van der Waals surface area contributed by atoms with Crippen molar-refractivity contribution in [2.75, 3.05) is 31.6 Å². The molecule has 2 aliphatic rings. The summed E-state index contributed by atoms with van der Waals surface area (Å²) in [4.78, 5) is 0. The lowest BCUT2D eigenvalue weighted by Gasteiger charge is -2.24. The predicted octanol–water partition coefficient (Wildman–Crippen LogP) is 2.12. The molecule has 1 aromatic carbocycles. The van der Waals surface area contributed by atoms with E-state index in [-0.39, 0.29) is 7.43 Å². The first-order chi connectivity index (χ1) is 7.86. The van der Waals surface area contributed by atoms with Crippen molar-refractivity contribution in [3.63, 3.8) is 0 Å². The maximum atomic E-state index is 5.73. The lowest BCUT2D eigenvalue weighted by atomic mass is 9.95. The number of hydrogen-bond acceptors (Lipinski definition) is 3. The Labute approximate surface area is 104 Å². The van der Waals surface area contributed by atoms with E-state index in [9.17, 15) is 0 Å². The highest BCUT2D eigenvalue weighted by molar-refractivity contribution is 5.67. The van der Waals surface area contributed by atoms with Crippen LogP contribution in [0, 0.1) is 6.92 Å². The fourth-order valence-corrected chi connectivity index (χ4v) is 2.70. The van der Waals surface area contributed by atoms with Crippen molar-refractivity contribution in [1.29, 1.82) is 0 Å². The normalized spacial score (nSPS) is 17.7. The van der Waals surface area contributed by atoms with Gasteiger partial charge >= 0.3 is 0 Å². The molecule has 0 amide bonds. The Kier molecular flexibility index (Phi) is 3.57. The van der Waals surface area contributed by atoms with Crippen LogP contribution in [0.3, 0.4) is 0 Å². The Morgan fingerprint density at radius 3 is 2.88 bits per heavy atom. The molecule has 0 bridgehead atoms. The van der Waals surface area contributed by atoms with E-state index in [0.29, 0.717) is 0 Å². The van der Waals surface area contributed by atoms with Gasteiger partial charge in [0.15, 0.2) is 0 Å². The van der Waals surface area contributed by atoms with Gasteiger partial charge in [-0.2, -0.15) is 0 Å². The molecule has 17 heavy (non-hydrogen) atoms. The first-order valence-electron chi connectivity index (χ1n) is 6.09. The average Bonchev–Trinajstić information content (AvgIpc) is 2.55. The van der Waals surface area contributed by atoms with Crippen molar-refractivity contribution in [3.05, 3.63) is 22.8 Å². The van der Waals surface area contributed by atoms with Gasteiger partial charge in [0, 0.05) is 6.54 Å². The molecule has 2 N–H and O–H groups in total. The van der Waals surface area contributed by atoms with Crippen molar-refractivity contribution in [1.82, 2.24) is 5.32 Å². The number of benzene rings is 1. The van der Waals surface area contributed by atoms with Crippen molar-refractivity contribution in [2.45, 2.75) is 27.2 Å². The van der Waals surface area contributed by atoms with Crippen LogP contribution in [0.4, 0.5) is 5.69 Å². The van der Waals surface area contributed by atoms with E-state index in [4.69, 9.17) is 4.74 Å². The van der Waals surface area contributed by atoms with Gasteiger partial charge in [-0.25, -0.2) is 0 Å². The number of nitrogens with one attached hydrogen (secondary N) is 2. The number of rotatable bonds is 0. The topological polar surface area (TPSA) is 33.3 Å². The van der Waals surface area contributed by atoms with E-state index in [2.05, 4.69) is 23.6 Å². The zero-order valence-corrected chi connectivity index (χ0v) is 9.73. The summed E-state index contributed by atoms with van der Waals surface area (Å²) >= 11 is 0. The molecule has 2 heterocycles. The fourth-order valence-electron chi connectivity index (χ4n) is 2.70. The van der Waals surface area contributed by atoms with Gasteiger partial charge in [0.25, 0.3) is 0 Å². The molecule has 94 valence electrons. The molecule has 0 saturated carbocycles. The Balaban J connectivity index is 0.00000108. The molecule has 0 saturated heterocycles. The van der Waals surface area contributed by atoms with E-state index in [0.717, 1.165) is 44.8 Å². The average molecular weight is 234 g/mol.